The first-order chi connectivity index (χ1) is 15.2. The Kier molecular flexibility index (Phi) is 5.87. The van der Waals surface area contributed by atoms with Crippen molar-refractivity contribution >= 4 is 5.96 Å². The fourth-order valence-corrected chi connectivity index (χ4v) is 3.97. The number of hydrogen-bond acceptors (Lipinski definition) is 5. The van der Waals surface area contributed by atoms with Gasteiger partial charge in [-0.1, -0.05) is 12.1 Å². The minimum Gasteiger partial charge on any atom is -0.485 e. The highest BCUT2D eigenvalue weighted by atomic mass is 19.3. The van der Waals surface area contributed by atoms with Gasteiger partial charge in [0.15, 0.2) is 17.5 Å². The third-order valence-electron chi connectivity index (χ3n) is 5.66. The molecule has 1 unspecified atom stereocenters. The van der Waals surface area contributed by atoms with Crippen LogP contribution in [0.3, 0.4) is 0 Å². The first-order valence-electron chi connectivity index (χ1n) is 10.1. The number of rotatable bonds is 8. The Morgan fingerprint density at radius 1 is 1.09 bits per heavy atom. The number of aliphatic imine (C=N–C) groups is 1. The Labute approximate surface area is 181 Å². The molecule has 10 heteroatoms. The summed E-state index contributed by atoms with van der Waals surface area (Å²) in [7, 11) is 1.73. The van der Waals surface area contributed by atoms with Crippen molar-refractivity contribution in [2.24, 2.45) is 10.7 Å². The van der Waals surface area contributed by atoms with E-state index in [0.717, 1.165) is 18.9 Å². The van der Waals surface area contributed by atoms with Crippen LogP contribution in [0, 0.1) is 5.82 Å². The maximum atomic E-state index is 14.2. The molecule has 32 heavy (non-hydrogen) atoms. The van der Waals surface area contributed by atoms with Gasteiger partial charge in [-0.3, -0.25) is 0 Å². The average Bonchev–Trinajstić information content (AvgIpc) is 3.52. The van der Waals surface area contributed by atoms with E-state index in [1.54, 1.807) is 24.1 Å². The van der Waals surface area contributed by atoms with Gasteiger partial charge in [0.1, 0.15) is 17.9 Å². The predicted molar refractivity (Wildman–Crippen MR) is 108 cm³/mol. The second kappa shape index (κ2) is 8.48. The Bertz CT molecular complexity index is 1030. The highest BCUT2D eigenvalue weighted by Gasteiger charge is 2.42. The zero-order valence-electron chi connectivity index (χ0n) is 17.2. The summed E-state index contributed by atoms with van der Waals surface area (Å²) in [5.41, 5.74) is 6.69. The van der Waals surface area contributed by atoms with E-state index in [1.807, 2.05) is 0 Å². The third-order valence-corrected chi connectivity index (χ3v) is 5.66. The van der Waals surface area contributed by atoms with E-state index in [1.165, 1.54) is 18.2 Å². The van der Waals surface area contributed by atoms with E-state index in [4.69, 9.17) is 10.5 Å². The van der Waals surface area contributed by atoms with Crippen molar-refractivity contribution in [2.75, 3.05) is 20.2 Å². The summed E-state index contributed by atoms with van der Waals surface area (Å²) in [6.07, 6.45) is -1.06. The van der Waals surface area contributed by atoms with E-state index in [9.17, 15) is 22.0 Å². The molecule has 0 radical (unpaired) electrons. The molecule has 1 atom stereocenters. The van der Waals surface area contributed by atoms with Crippen molar-refractivity contribution in [3.05, 3.63) is 58.9 Å². The lowest BCUT2D eigenvalue weighted by Crippen LogP contribution is -2.35. The second-order valence-electron chi connectivity index (χ2n) is 7.94. The minimum atomic E-state index is -2.95. The molecule has 0 bridgehead atoms. The molecule has 0 spiro atoms. The lowest BCUT2D eigenvalue weighted by atomic mass is 9.82. The molecule has 0 saturated heterocycles. The van der Waals surface area contributed by atoms with Crippen LogP contribution in [0.25, 0.3) is 0 Å². The summed E-state index contributed by atoms with van der Waals surface area (Å²) in [4.78, 5) is 6.32. The van der Waals surface area contributed by atoms with E-state index in [-0.39, 0.29) is 29.9 Å². The molecular formula is C22H22F5N3O2. The Hall–Kier alpha value is -3.04. The molecule has 2 aliphatic rings. The van der Waals surface area contributed by atoms with Crippen LogP contribution < -0.4 is 15.2 Å². The summed E-state index contributed by atoms with van der Waals surface area (Å²) >= 11 is 0. The first-order valence-corrected chi connectivity index (χ1v) is 10.1. The third kappa shape index (κ3) is 4.31. The first kappa shape index (κ1) is 22.2. The zero-order chi connectivity index (χ0) is 23.0. The van der Waals surface area contributed by atoms with E-state index in [2.05, 4.69) is 9.73 Å². The number of alkyl halides is 4. The number of nitrogens with two attached hydrogens (primary N) is 1. The predicted octanol–water partition coefficient (Wildman–Crippen LogP) is 4.45. The van der Waals surface area contributed by atoms with E-state index >= 15 is 0 Å². The maximum Gasteiger partial charge on any atom is 0.387 e. The topological polar surface area (TPSA) is 60.1 Å². The van der Waals surface area contributed by atoms with Crippen LogP contribution in [0.2, 0.25) is 0 Å². The number of likely N-dealkylation sites (N-methyl/N-ethyl adjacent to an activating group) is 1. The molecule has 0 amide bonds. The van der Waals surface area contributed by atoms with Gasteiger partial charge in [0.05, 0.1) is 6.54 Å². The summed E-state index contributed by atoms with van der Waals surface area (Å²) < 4.78 is 74.8. The number of halogens is 5. The van der Waals surface area contributed by atoms with Gasteiger partial charge in [-0.15, -0.1) is 0 Å². The molecule has 1 aliphatic carbocycles. The van der Waals surface area contributed by atoms with Gasteiger partial charge < -0.3 is 20.1 Å². The summed E-state index contributed by atoms with van der Waals surface area (Å²) in [6, 6.07) is 8.78. The van der Waals surface area contributed by atoms with Crippen LogP contribution in [0.4, 0.5) is 22.0 Å². The van der Waals surface area contributed by atoms with Gasteiger partial charge >= 0.3 is 6.61 Å². The number of hydrogen-bond donors (Lipinski definition) is 1. The smallest absolute Gasteiger partial charge is 0.387 e. The van der Waals surface area contributed by atoms with Crippen molar-refractivity contribution < 1.29 is 31.4 Å². The number of guanidine groups is 1. The number of benzene rings is 2. The Balaban J connectivity index is 1.81. The lowest BCUT2D eigenvalue weighted by molar-refractivity contribution is -0.0504. The quantitative estimate of drug-likeness (QED) is 0.598. The monoisotopic (exact) mass is 455 g/mol. The van der Waals surface area contributed by atoms with Gasteiger partial charge in [-0.25, -0.2) is 18.2 Å². The molecule has 172 valence electrons. The van der Waals surface area contributed by atoms with Crippen molar-refractivity contribution in [3.63, 3.8) is 0 Å². The highest BCUT2D eigenvalue weighted by Crippen LogP contribution is 2.48. The largest absolute Gasteiger partial charge is 0.485 e. The van der Waals surface area contributed by atoms with Crippen molar-refractivity contribution in [2.45, 2.75) is 37.3 Å². The van der Waals surface area contributed by atoms with Gasteiger partial charge in [0.25, 0.3) is 6.43 Å². The van der Waals surface area contributed by atoms with Crippen LogP contribution in [-0.4, -0.2) is 44.1 Å². The fourth-order valence-electron chi connectivity index (χ4n) is 3.97. The van der Waals surface area contributed by atoms with E-state index < -0.39 is 31.0 Å². The zero-order valence-corrected chi connectivity index (χ0v) is 17.2. The van der Waals surface area contributed by atoms with Crippen LogP contribution >= 0.6 is 0 Å². The normalized spacial score (nSPS) is 20.8. The molecule has 5 nitrogen and oxygen atoms in total. The minimum absolute atomic E-state index is 0.0966. The summed E-state index contributed by atoms with van der Waals surface area (Å²) in [5.74, 6) is -0.688. The molecule has 2 N–H and O–H groups in total. The number of nitrogens with zero attached hydrogens (tertiary/aromatic N) is 2. The summed E-state index contributed by atoms with van der Waals surface area (Å²) in [5, 5.41) is 0. The van der Waals surface area contributed by atoms with E-state index in [0.29, 0.717) is 16.7 Å². The fraction of sp³-hybridized carbons (Fsp3) is 0.409. The van der Waals surface area contributed by atoms with Gasteiger partial charge in [0.2, 0.25) is 0 Å². The molecule has 1 aliphatic heterocycles. The highest BCUT2D eigenvalue weighted by molar-refractivity contribution is 5.81. The maximum absolute atomic E-state index is 14.2. The number of ether oxygens (including phenoxy) is 2. The Morgan fingerprint density at radius 2 is 1.78 bits per heavy atom. The molecular weight excluding hydrogens is 433 g/mol. The van der Waals surface area contributed by atoms with Crippen molar-refractivity contribution in [1.29, 1.82) is 0 Å². The SMILES string of the molecule is CN1CC(c2ccc(F)c(OCC(F)F)c2)(c2ccc(OC(F)F)c(C3CC3)c2)N=C1N. The Morgan fingerprint density at radius 3 is 2.38 bits per heavy atom. The molecule has 1 saturated carbocycles. The molecule has 0 aromatic heterocycles. The van der Waals surface area contributed by atoms with Gasteiger partial charge in [0, 0.05) is 7.05 Å². The van der Waals surface area contributed by atoms with Crippen molar-refractivity contribution in [1.82, 2.24) is 4.90 Å². The van der Waals surface area contributed by atoms with Crippen LogP contribution in [0.5, 0.6) is 11.5 Å². The van der Waals surface area contributed by atoms with Crippen LogP contribution in [0.1, 0.15) is 35.4 Å². The molecule has 2 aromatic rings. The average molecular weight is 455 g/mol. The van der Waals surface area contributed by atoms with Gasteiger partial charge in [-0.05, 0) is 59.7 Å². The molecule has 4 rings (SSSR count). The molecule has 1 heterocycles. The lowest BCUT2D eigenvalue weighted by Gasteiger charge is -2.29. The second-order valence-corrected chi connectivity index (χ2v) is 7.94. The summed E-state index contributed by atoms with van der Waals surface area (Å²) in [6.45, 7) is -3.63. The molecule has 1 fully saturated rings. The molecule has 2 aromatic carbocycles. The standard InChI is InChI=1S/C22H22F5N3O2/c1-30-11-22(29-21(30)28,14-4-6-16(23)18(9-14)31-10-19(24)25)13-5-7-17(32-20(26)27)15(8-13)12-2-3-12/h4-9,12,19-20H,2-3,10-11H2,1H3,(H2,28,29). The van der Waals surface area contributed by atoms with Crippen molar-refractivity contribution in [3.8, 4) is 11.5 Å². The van der Waals surface area contributed by atoms with Crippen LogP contribution in [-0.2, 0) is 5.54 Å². The van der Waals surface area contributed by atoms with Crippen LogP contribution in [0.15, 0.2) is 41.4 Å². The van der Waals surface area contributed by atoms with Gasteiger partial charge in [-0.2, -0.15) is 8.78 Å².